The van der Waals surface area contributed by atoms with Gasteiger partial charge in [-0.1, -0.05) is 18.9 Å². The van der Waals surface area contributed by atoms with E-state index in [2.05, 4.69) is 40.3 Å². The summed E-state index contributed by atoms with van der Waals surface area (Å²) in [6, 6.07) is 12.5. The van der Waals surface area contributed by atoms with Gasteiger partial charge in [0.2, 0.25) is 0 Å². The Kier molecular flexibility index (Phi) is 5.31. The molecule has 0 atom stereocenters. The molecule has 3 nitrogen and oxygen atoms in total. The van der Waals surface area contributed by atoms with Crippen LogP contribution >= 0.6 is 0 Å². The van der Waals surface area contributed by atoms with E-state index in [0.717, 1.165) is 24.6 Å². The number of rotatable bonds is 6. The van der Waals surface area contributed by atoms with Gasteiger partial charge in [0.25, 0.3) is 0 Å². The second-order valence-corrected chi connectivity index (χ2v) is 7.28. The molecule has 1 aliphatic carbocycles. The Morgan fingerprint density at radius 2 is 1.92 bits per heavy atom. The monoisotopic (exact) mass is 335 g/mol. The van der Waals surface area contributed by atoms with Crippen molar-refractivity contribution in [2.24, 2.45) is 0 Å². The third-order valence-corrected chi connectivity index (χ3v) is 5.58. The van der Waals surface area contributed by atoms with Gasteiger partial charge in [-0.05, 0) is 80.6 Å². The van der Waals surface area contributed by atoms with Crippen LogP contribution in [0, 0.1) is 6.20 Å². The fourth-order valence-corrected chi connectivity index (χ4v) is 4.21. The van der Waals surface area contributed by atoms with Crippen LogP contribution in [0.5, 0.6) is 5.75 Å². The average Bonchev–Trinajstić information content (AvgIpc) is 3.36. The maximum Gasteiger partial charge on any atom is 0.119 e. The highest BCUT2D eigenvalue weighted by Gasteiger charge is 2.21. The SMILES string of the molecule is [c]1cccc(-c2ccc(OCCN3CCCC3)cc2C2CCCC2)n1. The van der Waals surface area contributed by atoms with Gasteiger partial charge < -0.3 is 4.74 Å². The summed E-state index contributed by atoms with van der Waals surface area (Å²) in [5.74, 6) is 1.64. The first-order valence-electron chi connectivity index (χ1n) is 9.73. The summed E-state index contributed by atoms with van der Waals surface area (Å²) in [5, 5.41) is 0. The van der Waals surface area contributed by atoms with Gasteiger partial charge in [0.1, 0.15) is 12.4 Å². The molecule has 2 aromatic rings. The van der Waals surface area contributed by atoms with Crippen LogP contribution in [0.4, 0.5) is 0 Å². The van der Waals surface area contributed by atoms with E-state index in [1.54, 1.807) is 0 Å². The number of aromatic nitrogens is 1. The fraction of sp³-hybridized carbons (Fsp3) is 0.500. The minimum absolute atomic E-state index is 0.638. The molecule has 25 heavy (non-hydrogen) atoms. The van der Waals surface area contributed by atoms with Crippen molar-refractivity contribution < 1.29 is 4.74 Å². The maximum atomic E-state index is 6.09. The average molecular weight is 335 g/mol. The quantitative estimate of drug-likeness (QED) is 0.766. The largest absolute Gasteiger partial charge is 0.492 e. The first-order chi connectivity index (χ1) is 12.4. The van der Waals surface area contributed by atoms with Crippen LogP contribution in [-0.4, -0.2) is 36.1 Å². The van der Waals surface area contributed by atoms with Crippen molar-refractivity contribution in [1.82, 2.24) is 9.88 Å². The number of pyridine rings is 1. The molecule has 2 heterocycles. The van der Waals surface area contributed by atoms with Crippen LogP contribution in [0.2, 0.25) is 0 Å². The molecule has 4 rings (SSSR count). The third kappa shape index (κ3) is 4.04. The van der Waals surface area contributed by atoms with Crippen molar-refractivity contribution in [3.63, 3.8) is 0 Å². The Labute approximate surface area is 151 Å². The van der Waals surface area contributed by atoms with Crippen LogP contribution in [0.15, 0.2) is 36.4 Å². The van der Waals surface area contributed by atoms with Crippen molar-refractivity contribution in [3.8, 4) is 17.0 Å². The van der Waals surface area contributed by atoms with Crippen molar-refractivity contribution in [2.45, 2.75) is 44.4 Å². The predicted molar refractivity (Wildman–Crippen MR) is 101 cm³/mol. The van der Waals surface area contributed by atoms with Gasteiger partial charge in [-0.25, -0.2) is 4.98 Å². The summed E-state index contributed by atoms with van der Waals surface area (Å²) < 4.78 is 6.09. The molecule has 1 saturated carbocycles. The maximum absolute atomic E-state index is 6.09. The lowest BCUT2D eigenvalue weighted by Crippen LogP contribution is -2.25. The molecule has 1 radical (unpaired) electrons. The Hall–Kier alpha value is -1.87. The van der Waals surface area contributed by atoms with Crippen LogP contribution < -0.4 is 4.74 Å². The molecule has 1 aromatic carbocycles. The minimum atomic E-state index is 0.638. The number of likely N-dealkylation sites (tertiary alicyclic amines) is 1. The summed E-state index contributed by atoms with van der Waals surface area (Å²) in [4.78, 5) is 6.95. The molecule has 1 aromatic heterocycles. The standard InChI is InChI=1S/C22H27N2O/c1-2-8-18(7-1)21-17-19(25-16-15-24-13-5-6-14-24)10-11-20(21)22-9-3-4-12-23-22/h3-4,9-11,17-18H,1-2,5-8,13-16H2. The lowest BCUT2D eigenvalue weighted by atomic mass is 9.91. The summed E-state index contributed by atoms with van der Waals surface area (Å²) in [7, 11) is 0. The first kappa shape index (κ1) is 16.6. The molecular weight excluding hydrogens is 308 g/mol. The summed E-state index contributed by atoms with van der Waals surface area (Å²) >= 11 is 0. The van der Waals surface area contributed by atoms with E-state index in [-0.39, 0.29) is 0 Å². The molecule has 3 heteroatoms. The summed E-state index contributed by atoms with van der Waals surface area (Å²) in [5.41, 5.74) is 3.67. The van der Waals surface area contributed by atoms with E-state index >= 15 is 0 Å². The summed E-state index contributed by atoms with van der Waals surface area (Å²) in [6.45, 7) is 4.27. The lowest BCUT2D eigenvalue weighted by Gasteiger charge is -2.18. The molecule has 2 aliphatic rings. The van der Waals surface area contributed by atoms with Gasteiger partial charge in [-0.2, -0.15) is 0 Å². The van der Waals surface area contributed by atoms with Crippen LogP contribution in [0.1, 0.15) is 50.0 Å². The van der Waals surface area contributed by atoms with Crippen LogP contribution in [0.25, 0.3) is 11.3 Å². The molecule has 0 spiro atoms. The van der Waals surface area contributed by atoms with E-state index < -0.39 is 0 Å². The highest BCUT2D eigenvalue weighted by Crippen LogP contribution is 2.40. The molecule has 2 fully saturated rings. The number of ether oxygens (including phenoxy) is 1. The molecule has 0 N–H and O–H groups in total. The Morgan fingerprint density at radius 1 is 1.08 bits per heavy atom. The highest BCUT2D eigenvalue weighted by atomic mass is 16.5. The Balaban J connectivity index is 1.51. The molecule has 1 aliphatic heterocycles. The smallest absolute Gasteiger partial charge is 0.119 e. The van der Waals surface area contributed by atoms with Crippen molar-refractivity contribution in [1.29, 1.82) is 0 Å². The zero-order chi connectivity index (χ0) is 16.9. The van der Waals surface area contributed by atoms with Gasteiger partial charge in [0.15, 0.2) is 0 Å². The number of hydrogen-bond donors (Lipinski definition) is 0. The molecule has 1 saturated heterocycles. The second kappa shape index (κ2) is 8.01. The van der Waals surface area contributed by atoms with Gasteiger partial charge >= 0.3 is 0 Å². The van der Waals surface area contributed by atoms with Crippen LogP contribution in [-0.2, 0) is 0 Å². The zero-order valence-electron chi connectivity index (χ0n) is 14.9. The lowest BCUT2D eigenvalue weighted by molar-refractivity contribution is 0.237. The van der Waals surface area contributed by atoms with E-state index in [0.29, 0.717) is 5.92 Å². The second-order valence-electron chi connectivity index (χ2n) is 7.28. The fourth-order valence-electron chi connectivity index (χ4n) is 4.21. The topological polar surface area (TPSA) is 25.4 Å². The van der Waals surface area contributed by atoms with E-state index in [4.69, 9.17) is 4.74 Å². The molecule has 0 unspecified atom stereocenters. The first-order valence-corrected chi connectivity index (χ1v) is 9.73. The Morgan fingerprint density at radius 3 is 2.68 bits per heavy atom. The van der Waals surface area contributed by atoms with E-state index in [1.807, 2.05) is 12.1 Å². The van der Waals surface area contributed by atoms with E-state index in [9.17, 15) is 0 Å². The molecule has 0 amide bonds. The third-order valence-electron chi connectivity index (χ3n) is 5.58. The highest BCUT2D eigenvalue weighted by molar-refractivity contribution is 5.66. The van der Waals surface area contributed by atoms with Crippen molar-refractivity contribution in [3.05, 3.63) is 48.2 Å². The zero-order valence-corrected chi connectivity index (χ0v) is 14.9. The van der Waals surface area contributed by atoms with Crippen molar-refractivity contribution >= 4 is 0 Å². The van der Waals surface area contributed by atoms with Crippen LogP contribution in [0.3, 0.4) is 0 Å². The normalized spacial score (nSPS) is 18.7. The van der Waals surface area contributed by atoms with Gasteiger partial charge in [0.05, 0.1) is 11.9 Å². The molecular formula is C22H27N2O. The number of hydrogen-bond acceptors (Lipinski definition) is 3. The van der Waals surface area contributed by atoms with Gasteiger partial charge in [-0.3, -0.25) is 4.90 Å². The van der Waals surface area contributed by atoms with Gasteiger partial charge in [-0.15, -0.1) is 0 Å². The molecule has 131 valence electrons. The predicted octanol–water partition coefficient (Wildman–Crippen LogP) is 4.68. The van der Waals surface area contributed by atoms with Crippen molar-refractivity contribution in [2.75, 3.05) is 26.2 Å². The molecule has 0 bridgehead atoms. The van der Waals surface area contributed by atoms with Gasteiger partial charge in [0, 0.05) is 12.1 Å². The summed E-state index contributed by atoms with van der Waals surface area (Å²) in [6.07, 6.45) is 10.9. The number of benzene rings is 1. The minimum Gasteiger partial charge on any atom is -0.492 e. The number of nitrogens with zero attached hydrogens (tertiary/aromatic N) is 2. The van der Waals surface area contributed by atoms with E-state index in [1.165, 1.54) is 62.7 Å². The Bertz CT molecular complexity index is 674.